The highest BCUT2D eigenvalue weighted by Crippen LogP contribution is 2.15. The highest BCUT2D eigenvalue weighted by molar-refractivity contribution is 6.30. The molecule has 1 rings (SSSR count). The van der Waals surface area contributed by atoms with Crippen molar-refractivity contribution in [2.45, 2.75) is 39.8 Å². The lowest BCUT2D eigenvalue weighted by Gasteiger charge is -2.30. The first-order chi connectivity index (χ1) is 7.91. The molecule has 0 atom stereocenters. The fourth-order valence-electron chi connectivity index (χ4n) is 1.79. The van der Waals surface area contributed by atoms with Gasteiger partial charge in [0.25, 0.3) is 0 Å². The predicted molar refractivity (Wildman–Crippen MR) is 72.6 cm³/mol. The molecule has 0 saturated heterocycles. The maximum Gasteiger partial charge on any atom is 0.322 e. The molecule has 1 aromatic rings. The van der Waals surface area contributed by atoms with E-state index in [0.29, 0.717) is 5.02 Å². The number of rotatable bonds is 3. The van der Waals surface area contributed by atoms with Crippen molar-refractivity contribution in [2.24, 2.45) is 0 Å². The van der Waals surface area contributed by atoms with E-state index in [4.69, 9.17) is 11.6 Å². The summed E-state index contributed by atoms with van der Waals surface area (Å²) >= 11 is 5.79. The van der Waals surface area contributed by atoms with Crippen LogP contribution in [0.3, 0.4) is 0 Å². The molecule has 0 aliphatic rings. The van der Waals surface area contributed by atoms with E-state index in [9.17, 15) is 4.79 Å². The molecule has 0 fully saturated rings. The van der Waals surface area contributed by atoms with Gasteiger partial charge in [-0.15, -0.1) is 0 Å². The van der Waals surface area contributed by atoms with Gasteiger partial charge >= 0.3 is 6.03 Å². The number of carbonyl (C=O) groups excluding carboxylic acids is 1. The fraction of sp³-hybridized carbons (Fsp3) is 0.462. The molecule has 2 amide bonds. The van der Waals surface area contributed by atoms with Crippen LogP contribution in [0, 0.1) is 0 Å². The number of urea groups is 1. The summed E-state index contributed by atoms with van der Waals surface area (Å²) in [5.41, 5.74) is 0.755. The van der Waals surface area contributed by atoms with Gasteiger partial charge in [0.05, 0.1) is 0 Å². The van der Waals surface area contributed by atoms with Gasteiger partial charge in [-0.25, -0.2) is 4.79 Å². The SMILES string of the molecule is CC(C)N(C(=O)Nc1ccc(Cl)cc1)C(C)C. The fourth-order valence-corrected chi connectivity index (χ4v) is 1.91. The maximum absolute atomic E-state index is 12.1. The van der Waals surface area contributed by atoms with E-state index in [1.54, 1.807) is 29.2 Å². The van der Waals surface area contributed by atoms with Gasteiger partial charge in [0, 0.05) is 22.8 Å². The lowest BCUT2D eigenvalue weighted by molar-refractivity contribution is 0.178. The maximum atomic E-state index is 12.1. The first kappa shape index (κ1) is 13.8. The largest absolute Gasteiger partial charge is 0.322 e. The monoisotopic (exact) mass is 254 g/mol. The van der Waals surface area contributed by atoms with Crippen molar-refractivity contribution in [2.75, 3.05) is 5.32 Å². The Balaban J connectivity index is 2.73. The van der Waals surface area contributed by atoms with Crippen LogP contribution >= 0.6 is 11.6 Å². The molecular weight excluding hydrogens is 236 g/mol. The summed E-state index contributed by atoms with van der Waals surface area (Å²) < 4.78 is 0. The third kappa shape index (κ3) is 3.93. The second-order valence-electron chi connectivity index (χ2n) is 4.53. The van der Waals surface area contributed by atoms with E-state index < -0.39 is 0 Å². The van der Waals surface area contributed by atoms with Crippen molar-refractivity contribution in [1.82, 2.24) is 4.90 Å². The Morgan fingerprint density at radius 3 is 2.00 bits per heavy atom. The zero-order chi connectivity index (χ0) is 13.0. The topological polar surface area (TPSA) is 32.3 Å². The first-order valence-corrected chi connectivity index (χ1v) is 6.14. The van der Waals surface area contributed by atoms with E-state index in [-0.39, 0.29) is 18.1 Å². The average Bonchev–Trinajstić information content (AvgIpc) is 2.20. The zero-order valence-corrected chi connectivity index (χ0v) is 11.5. The van der Waals surface area contributed by atoms with Crippen LogP contribution in [0.1, 0.15) is 27.7 Å². The molecule has 0 unspecified atom stereocenters. The smallest absolute Gasteiger partial charge is 0.320 e. The van der Waals surface area contributed by atoms with Crippen LogP contribution in [0.15, 0.2) is 24.3 Å². The van der Waals surface area contributed by atoms with Gasteiger partial charge < -0.3 is 10.2 Å². The lowest BCUT2D eigenvalue weighted by Crippen LogP contribution is -2.44. The van der Waals surface area contributed by atoms with Crippen LogP contribution in [-0.4, -0.2) is 23.0 Å². The molecule has 3 nitrogen and oxygen atoms in total. The highest BCUT2D eigenvalue weighted by Gasteiger charge is 2.19. The highest BCUT2D eigenvalue weighted by atomic mass is 35.5. The van der Waals surface area contributed by atoms with Gasteiger partial charge in [0.15, 0.2) is 0 Å². The van der Waals surface area contributed by atoms with Crippen LogP contribution in [0.4, 0.5) is 10.5 Å². The molecule has 0 saturated carbocycles. The van der Waals surface area contributed by atoms with Gasteiger partial charge in [-0.2, -0.15) is 0 Å². The minimum absolute atomic E-state index is 0.0858. The minimum Gasteiger partial charge on any atom is -0.320 e. The summed E-state index contributed by atoms with van der Waals surface area (Å²) in [6.45, 7) is 8.01. The van der Waals surface area contributed by atoms with Crippen LogP contribution in [0.2, 0.25) is 5.02 Å². The Bertz CT molecular complexity index is 366. The third-order valence-corrected chi connectivity index (χ3v) is 2.69. The molecule has 1 N–H and O–H groups in total. The van der Waals surface area contributed by atoms with E-state index >= 15 is 0 Å². The minimum atomic E-state index is -0.0858. The lowest BCUT2D eigenvalue weighted by atomic mass is 10.2. The van der Waals surface area contributed by atoms with Crippen molar-refractivity contribution in [1.29, 1.82) is 0 Å². The Hall–Kier alpha value is -1.22. The summed E-state index contributed by atoms with van der Waals surface area (Å²) in [5.74, 6) is 0. The number of hydrogen-bond donors (Lipinski definition) is 1. The first-order valence-electron chi connectivity index (χ1n) is 5.76. The quantitative estimate of drug-likeness (QED) is 0.869. The third-order valence-electron chi connectivity index (χ3n) is 2.44. The van der Waals surface area contributed by atoms with Gasteiger partial charge in [-0.1, -0.05) is 11.6 Å². The molecule has 17 heavy (non-hydrogen) atoms. The number of nitrogens with zero attached hydrogens (tertiary/aromatic N) is 1. The molecule has 1 aromatic carbocycles. The molecule has 0 aliphatic carbocycles. The van der Waals surface area contributed by atoms with Crippen LogP contribution in [-0.2, 0) is 0 Å². The molecule has 0 spiro atoms. The zero-order valence-electron chi connectivity index (χ0n) is 10.7. The van der Waals surface area contributed by atoms with Crippen LogP contribution in [0.25, 0.3) is 0 Å². The molecule has 0 aromatic heterocycles. The normalized spacial score (nSPS) is 10.8. The number of nitrogens with one attached hydrogen (secondary N) is 1. The van der Waals surface area contributed by atoms with Crippen molar-refractivity contribution in [3.63, 3.8) is 0 Å². The summed E-state index contributed by atoms with van der Waals surface area (Å²) in [6.07, 6.45) is 0. The van der Waals surface area contributed by atoms with Crippen LogP contribution < -0.4 is 5.32 Å². The molecule has 0 aliphatic heterocycles. The van der Waals surface area contributed by atoms with Crippen molar-refractivity contribution >= 4 is 23.3 Å². The van der Waals surface area contributed by atoms with Gasteiger partial charge in [-0.3, -0.25) is 0 Å². The van der Waals surface area contributed by atoms with E-state index in [0.717, 1.165) is 5.69 Å². The molecule has 0 heterocycles. The standard InChI is InChI=1S/C13H19ClN2O/c1-9(2)16(10(3)4)13(17)15-12-7-5-11(14)6-8-12/h5-10H,1-4H3,(H,15,17). The Labute approximate surface area is 108 Å². The number of benzene rings is 1. The Morgan fingerprint density at radius 2 is 1.59 bits per heavy atom. The van der Waals surface area contributed by atoms with Crippen molar-refractivity contribution < 1.29 is 4.79 Å². The van der Waals surface area contributed by atoms with E-state index in [1.165, 1.54) is 0 Å². The summed E-state index contributed by atoms with van der Waals surface area (Å²) in [4.78, 5) is 13.9. The average molecular weight is 255 g/mol. The second kappa shape index (κ2) is 5.92. The van der Waals surface area contributed by atoms with Gasteiger partial charge in [0.2, 0.25) is 0 Å². The number of hydrogen-bond acceptors (Lipinski definition) is 1. The van der Waals surface area contributed by atoms with Gasteiger partial charge in [0.1, 0.15) is 0 Å². The number of halogens is 1. The van der Waals surface area contributed by atoms with E-state index in [1.807, 2.05) is 27.7 Å². The molecule has 0 radical (unpaired) electrons. The van der Waals surface area contributed by atoms with Gasteiger partial charge in [-0.05, 0) is 52.0 Å². The van der Waals surface area contributed by atoms with E-state index in [2.05, 4.69) is 5.32 Å². The Morgan fingerprint density at radius 1 is 1.12 bits per heavy atom. The van der Waals surface area contributed by atoms with Crippen molar-refractivity contribution in [3.8, 4) is 0 Å². The summed E-state index contributed by atoms with van der Waals surface area (Å²) in [7, 11) is 0. The summed E-state index contributed by atoms with van der Waals surface area (Å²) in [5, 5.41) is 3.52. The molecule has 4 heteroatoms. The van der Waals surface area contributed by atoms with Crippen LogP contribution in [0.5, 0.6) is 0 Å². The summed E-state index contributed by atoms with van der Waals surface area (Å²) in [6, 6.07) is 7.35. The second-order valence-corrected chi connectivity index (χ2v) is 4.97. The Kier molecular flexibility index (Phi) is 4.82. The molecule has 0 bridgehead atoms. The molecule has 94 valence electrons. The number of amides is 2. The van der Waals surface area contributed by atoms with Crippen molar-refractivity contribution in [3.05, 3.63) is 29.3 Å². The predicted octanol–water partition coefficient (Wildman–Crippen LogP) is 3.99. The number of anilines is 1. The number of carbonyl (C=O) groups is 1. The molecular formula is C13H19ClN2O.